The molecule has 0 saturated heterocycles. The van der Waals surface area contributed by atoms with E-state index in [4.69, 9.17) is 0 Å². The van der Waals surface area contributed by atoms with Crippen LogP contribution in [0.5, 0.6) is 0 Å². The summed E-state index contributed by atoms with van der Waals surface area (Å²) in [5.41, 5.74) is 0.138. The van der Waals surface area contributed by atoms with E-state index in [1.807, 2.05) is 0 Å². The fourth-order valence-corrected chi connectivity index (χ4v) is 4.54. The van der Waals surface area contributed by atoms with Gasteiger partial charge in [-0.15, -0.1) is 0 Å². The maximum absolute atomic E-state index is 13.6. The van der Waals surface area contributed by atoms with Gasteiger partial charge in [-0.1, -0.05) is 0 Å². The van der Waals surface area contributed by atoms with E-state index >= 15 is 0 Å². The molecule has 3 atom stereocenters. The molecule has 0 aliphatic heterocycles. The average molecular weight is 473 g/mol. The van der Waals surface area contributed by atoms with Crippen molar-refractivity contribution >= 4 is 28.9 Å². The molecule has 12 heteroatoms. The number of hydrogen-bond acceptors (Lipinski definition) is 7. The number of hydrogen-bond donors (Lipinski definition) is 4. The highest BCUT2D eigenvalue weighted by molar-refractivity contribution is 6.00. The lowest BCUT2D eigenvalue weighted by atomic mass is 9.88. The van der Waals surface area contributed by atoms with Gasteiger partial charge in [0.2, 0.25) is 0 Å². The monoisotopic (exact) mass is 473 g/mol. The highest BCUT2D eigenvalue weighted by Crippen LogP contribution is 2.37. The molecule has 3 aromatic rings. The van der Waals surface area contributed by atoms with E-state index in [0.717, 1.165) is 6.42 Å². The number of carbonyl (C=O) groups is 1. The molecule has 0 aromatic carbocycles. The third kappa shape index (κ3) is 3.77. The zero-order valence-electron chi connectivity index (χ0n) is 18.5. The molecule has 1 amide bonds. The van der Waals surface area contributed by atoms with Crippen LogP contribution in [0.4, 0.5) is 26.1 Å². The van der Waals surface area contributed by atoms with E-state index in [0.29, 0.717) is 18.7 Å². The number of nitrogens with one attached hydrogen (secondary N) is 3. The molecule has 2 saturated carbocycles. The van der Waals surface area contributed by atoms with Crippen molar-refractivity contribution in [1.82, 2.24) is 24.5 Å². The van der Waals surface area contributed by atoms with Crippen molar-refractivity contribution in [2.24, 2.45) is 0 Å². The maximum Gasteiger partial charge on any atom is 0.274 e. The van der Waals surface area contributed by atoms with Gasteiger partial charge in [0.05, 0.1) is 24.4 Å². The predicted octanol–water partition coefficient (Wildman–Crippen LogP) is 2.29. The first-order valence-corrected chi connectivity index (χ1v) is 11.2. The standard InChI is InChI=1S/C22H25F2N7O3/c1-25-18-10-17(27-13-4-3-9-30(21(13)34)14-5-2-6-15(14)32)29-19-12(11-26-31(18)19)20(33)28-16-7-8-22(16,23)24/h3-4,9-11,14-16,25,32H,2,5-8H2,1H3,(H,27,29)(H,28,33)/t14-,15+,16?/m0/s1. The highest BCUT2D eigenvalue weighted by Gasteiger charge is 2.49. The normalized spacial score (nSPS) is 23.5. The zero-order valence-corrected chi connectivity index (χ0v) is 18.5. The molecule has 10 nitrogen and oxygen atoms in total. The molecule has 2 aliphatic rings. The van der Waals surface area contributed by atoms with Gasteiger partial charge in [0.1, 0.15) is 22.9 Å². The second-order valence-corrected chi connectivity index (χ2v) is 8.72. The summed E-state index contributed by atoms with van der Waals surface area (Å²) in [4.78, 5) is 30.2. The minimum absolute atomic E-state index is 0.0439. The largest absolute Gasteiger partial charge is 0.391 e. The zero-order chi connectivity index (χ0) is 24.0. The van der Waals surface area contributed by atoms with Crippen LogP contribution in [-0.4, -0.2) is 55.3 Å². The number of fused-ring (bicyclic) bond motifs is 1. The van der Waals surface area contributed by atoms with E-state index in [1.54, 1.807) is 31.4 Å². The Kier molecular flexibility index (Phi) is 5.47. The minimum atomic E-state index is -2.92. The number of alkyl halides is 2. The molecule has 2 aliphatic carbocycles. The summed E-state index contributed by atoms with van der Waals surface area (Å²) < 4.78 is 30.2. The van der Waals surface area contributed by atoms with Crippen molar-refractivity contribution in [2.75, 3.05) is 17.7 Å². The molecule has 1 unspecified atom stereocenters. The molecule has 4 N–H and O–H groups in total. The third-order valence-corrected chi connectivity index (χ3v) is 6.59. The van der Waals surface area contributed by atoms with Crippen LogP contribution in [0.25, 0.3) is 5.65 Å². The first-order chi connectivity index (χ1) is 16.3. The number of halogens is 2. The van der Waals surface area contributed by atoms with Crippen molar-refractivity contribution in [3.05, 3.63) is 46.5 Å². The Labute approximate surface area is 193 Å². The van der Waals surface area contributed by atoms with Gasteiger partial charge in [0.15, 0.2) is 5.65 Å². The van der Waals surface area contributed by atoms with Crippen LogP contribution in [0.3, 0.4) is 0 Å². The van der Waals surface area contributed by atoms with E-state index in [2.05, 4.69) is 26.0 Å². The van der Waals surface area contributed by atoms with Crippen LogP contribution in [0, 0.1) is 0 Å². The van der Waals surface area contributed by atoms with E-state index in [-0.39, 0.29) is 47.2 Å². The number of rotatable bonds is 6. The number of amides is 1. The average Bonchev–Trinajstić information content (AvgIpc) is 3.43. The highest BCUT2D eigenvalue weighted by atomic mass is 19.3. The van der Waals surface area contributed by atoms with Crippen LogP contribution in [0.2, 0.25) is 0 Å². The van der Waals surface area contributed by atoms with E-state index in [9.17, 15) is 23.5 Å². The molecule has 5 rings (SSSR count). The van der Waals surface area contributed by atoms with Crippen molar-refractivity contribution in [3.63, 3.8) is 0 Å². The molecule has 0 spiro atoms. The Balaban J connectivity index is 1.47. The Morgan fingerprint density at radius 2 is 2.12 bits per heavy atom. The Bertz CT molecular complexity index is 1310. The third-order valence-electron chi connectivity index (χ3n) is 6.59. The molecule has 3 aromatic heterocycles. The van der Waals surface area contributed by atoms with Crippen molar-refractivity contribution in [1.29, 1.82) is 0 Å². The Hall–Kier alpha value is -3.54. The van der Waals surface area contributed by atoms with Crippen LogP contribution in [0.15, 0.2) is 35.4 Å². The van der Waals surface area contributed by atoms with Crippen LogP contribution in [0.1, 0.15) is 48.5 Å². The van der Waals surface area contributed by atoms with Crippen molar-refractivity contribution < 1.29 is 18.7 Å². The number of aromatic nitrogens is 4. The predicted molar refractivity (Wildman–Crippen MR) is 121 cm³/mol. The number of pyridine rings is 1. The second-order valence-electron chi connectivity index (χ2n) is 8.72. The number of anilines is 3. The van der Waals surface area contributed by atoms with Crippen LogP contribution >= 0.6 is 0 Å². The van der Waals surface area contributed by atoms with Crippen molar-refractivity contribution in [2.45, 2.75) is 56.2 Å². The number of aliphatic hydroxyl groups is 1. The lowest BCUT2D eigenvalue weighted by molar-refractivity contribution is -0.102. The Morgan fingerprint density at radius 3 is 2.76 bits per heavy atom. The van der Waals surface area contributed by atoms with Crippen molar-refractivity contribution in [3.8, 4) is 0 Å². The quantitative estimate of drug-likeness (QED) is 0.433. The van der Waals surface area contributed by atoms with Gasteiger partial charge in [-0.25, -0.2) is 13.8 Å². The lowest BCUT2D eigenvalue weighted by Gasteiger charge is -2.36. The molecule has 0 bridgehead atoms. The summed E-state index contributed by atoms with van der Waals surface area (Å²) in [5, 5.41) is 22.7. The number of carbonyl (C=O) groups excluding carboxylic acids is 1. The fraction of sp³-hybridized carbons (Fsp3) is 0.455. The van der Waals surface area contributed by atoms with Crippen LogP contribution in [-0.2, 0) is 0 Å². The molecule has 0 radical (unpaired) electrons. The van der Waals surface area contributed by atoms with Gasteiger partial charge in [0, 0.05) is 25.7 Å². The Morgan fingerprint density at radius 1 is 1.29 bits per heavy atom. The number of nitrogens with zero attached hydrogens (tertiary/aromatic N) is 4. The smallest absolute Gasteiger partial charge is 0.274 e. The topological polar surface area (TPSA) is 126 Å². The van der Waals surface area contributed by atoms with E-state index in [1.165, 1.54) is 15.3 Å². The molecule has 34 heavy (non-hydrogen) atoms. The molecule has 2 fully saturated rings. The fourth-order valence-electron chi connectivity index (χ4n) is 4.54. The lowest BCUT2D eigenvalue weighted by Crippen LogP contribution is -2.55. The van der Waals surface area contributed by atoms with Gasteiger partial charge in [0.25, 0.3) is 17.4 Å². The summed E-state index contributed by atoms with van der Waals surface area (Å²) in [7, 11) is 1.66. The maximum atomic E-state index is 13.6. The number of aliphatic hydroxyl groups excluding tert-OH is 1. The SMILES string of the molecule is CNc1cc(Nc2cccn([C@H]3CCC[C@H]3O)c2=O)nc2c(C(=O)NC3CCC3(F)F)cnn12. The van der Waals surface area contributed by atoms with Gasteiger partial charge in [-0.2, -0.15) is 9.61 Å². The minimum Gasteiger partial charge on any atom is -0.391 e. The van der Waals surface area contributed by atoms with Gasteiger partial charge < -0.3 is 25.6 Å². The summed E-state index contributed by atoms with van der Waals surface area (Å²) in [5.74, 6) is -2.87. The summed E-state index contributed by atoms with van der Waals surface area (Å²) in [6.07, 6.45) is 4.51. The molecule has 3 heterocycles. The van der Waals surface area contributed by atoms with Crippen LogP contribution < -0.4 is 21.5 Å². The first-order valence-electron chi connectivity index (χ1n) is 11.2. The summed E-state index contributed by atoms with van der Waals surface area (Å²) in [6, 6.07) is 3.43. The molecular weight excluding hydrogens is 448 g/mol. The molecular formula is C22H25F2N7O3. The summed E-state index contributed by atoms with van der Waals surface area (Å²) >= 11 is 0. The van der Waals surface area contributed by atoms with Gasteiger partial charge in [-0.3, -0.25) is 9.59 Å². The first kappa shape index (κ1) is 22.3. The van der Waals surface area contributed by atoms with Gasteiger partial charge in [-0.05, 0) is 37.8 Å². The molecule has 180 valence electrons. The van der Waals surface area contributed by atoms with E-state index < -0.39 is 24.0 Å². The summed E-state index contributed by atoms with van der Waals surface area (Å²) in [6.45, 7) is 0. The van der Waals surface area contributed by atoms with Gasteiger partial charge >= 0.3 is 0 Å². The second kappa shape index (κ2) is 8.35.